The molecule has 1 aromatic carbocycles. The number of carbonyl (C=O) groups is 2. The zero-order valence-electron chi connectivity index (χ0n) is 17.5. The van der Waals surface area contributed by atoms with Crippen LogP contribution in [0.15, 0.2) is 67.0 Å². The van der Waals surface area contributed by atoms with Gasteiger partial charge in [-0.2, -0.15) is 0 Å². The molecule has 0 aliphatic carbocycles. The average molecular weight is 415 g/mol. The Labute approximate surface area is 181 Å². The number of benzene rings is 1. The smallest absolute Gasteiger partial charge is 0.270 e. The Kier molecular flexibility index (Phi) is 6.33. The molecule has 0 atom stereocenters. The highest BCUT2D eigenvalue weighted by Gasteiger charge is 2.20. The molecule has 7 heteroatoms. The number of pyridine rings is 2. The van der Waals surface area contributed by atoms with Crippen molar-refractivity contribution in [1.82, 2.24) is 25.1 Å². The van der Waals surface area contributed by atoms with Crippen molar-refractivity contribution >= 4 is 11.8 Å². The van der Waals surface area contributed by atoms with Gasteiger partial charge in [0.05, 0.1) is 5.69 Å². The van der Waals surface area contributed by atoms with E-state index in [1.807, 2.05) is 53.4 Å². The maximum atomic E-state index is 12.7. The van der Waals surface area contributed by atoms with Crippen LogP contribution >= 0.6 is 0 Å². The molecule has 7 nitrogen and oxygen atoms in total. The second-order valence-electron chi connectivity index (χ2n) is 7.62. The molecule has 158 valence electrons. The highest BCUT2D eigenvalue weighted by Crippen LogP contribution is 2.19. The van der Waals surface area contributed by atoms with Gasteiger partial charge in [-0.25, -0.2) is 4.98 Å². The summed E-state index contributed by atoms with van der Waals surface area (Å²) in [6, 6.07) is 16.5. The van der Waals surface area contributed by atoms with E-state index in [1.54, 1.807) is 18.5 Å². The summed E-state index contributed by atoms with van der Waals surface area (Å²) >= 11 is 0. The van der Waals surface area contributed by atoms with E-state index in [1.165, 1.54) is 0 Å². The molecule has 3 aromatic rings. The van der Waals surface area contributed by atoms with Gasteiger partial charge in [-0.15, -0.1) is 0 Å². The third kappa shape index (κ3) is 5.13. The summed E-state index contributed by atoms with van der Waals surface area (Å²) in [6.45, 7) is 3.66. The molecule has 0 saturated carbocycles. The maximum absolute atomic E-state index is 12.7. The number of likely N-dealkylation sites (N-methyl/N-ethyl adjacent to an activating group) is 1. The van der Waals surface area contributed by atoms with Crippen LogP contribution in [0.5, 0.6) is 0 Å². The summed E-state index contributed by atoms with van der Waals surface area (Å²) in [4.78, 5) is 37.9. The summed E-state index contributed by atoms with van der Waals surface area (Å²) in [7, 11) is 2.07. The molecule has 1 aliphatic heterocycles. The second kappa shape index (κ2) is 9.49. The molecule has 0 spiro atoms. The van der Waals surface area contributed by atoms with Crippen molar-refractivity contribution in [1.29, 1.82) is 0 Å². The number of nitrogens with one attached hydrogen (secondary N) is 1. The van der Waals surface area contributed by atoms with Gasteiger partial charge in [0.25, 0.3) is 11.8 Å². The van der Waals surface area contributed by atoms with Gasteiger partial charge in [0.2, 0.25) is 0 Å². The van der Waals surface area contributed by atoms with Crippen molar-refractivity contribution in [2.24, 2.45) is 0 Å². The van der Waals surface area contributed by atoms with E-state index >= 15 is 0 Å². The number of rotatable bonds is 5. The first-order chi connectivity index (χ1) is 15.1. The lowest BCUT2D eigenvalue weighted by Crippen LogP contribution is -2.47. The van der Waals surface area contributed by atoms with Gasteiger partial charge >= 0.3 is 0 Å². The van der Waals surface area contributed by atoms with Crippen LogP contribution < -0.4 is 5.32 Å². The third-order valence-corrected chi connectivity index (χ3v) is 5.38. The zero-order valence-corrected chi connectivity index (χ0v) is 17.5. The first-order valence-corrected chi connectivity index (χ1v) is 10.3. The monoisotopic (exact) mass is 415 g/mol. The van der Waals surface area contributed by atoms with E-state index in [4.69, 9.17) is 0 Å². The van der Waals surface area contributed by atoms with Crippen LogP contribution in [-0.2, 0) is 6.54 Å². The first kappa shape index (κ1) is 20.7. The minimum Gasteiger partial charge on any atom is -0.347 e. The highest BCUT2D eigenvalue weighted by atomic mass is 16.2. The van der Waals surface area contributed by atoms with Gasteiger partial charge in [0, 0.05) is 56.2 Å². The van der Waals surface area contributed by atoms with Crippen LogP contribution in [0.25, 0.3) is 11.3 Å². The number of aromatic nitrogens is 2. The number of piperazine rings is 1. The van der Waals surface area contributed by atoms with Crippen LogP contribution in [0, 0.1) is 0 Å². The Balaban J connectivity index is 1.42. The molecular formula is C24H25N5O2. The third-order valence-electron chi connectivity index (χ3n) is 5.38. The van der Waals surface area contributed by atoms with Gasteiger partial charge < -0.3 is 15.1 Å². The van der Waals surface area contributed by atoms with Crippen molar-refractivity contribution < 1.29 is 9.59 Å². The molecule has 1 N–H and O–H groups in total. The fourth-order valence-corrected chi connectivity index (χ4v) is 3.47. The Bertz CT molecular complexity index is 1050. The lowest BCUT2D eigenvalue weighted by molar-refractivity contribution is 0.0664. The van der Waals surface area contributed by atoms with Gasteiger partial charge in [-0.3, -0.25) is 14.6 Å². The minimum absolute atomic E-state index is 0.0520. The van der Waals surface area contributed by atoms with E-state index < -0.39 is 0 Å². The molecule has 0 unspecified atom stereocenters. The summed E-state index contributed by atoms with van der Waals surface area (Å²) in [5.41, 5.74) is 3.48. The summed E-state index contributed by atoms with van der Waals surface area (Å²) in [5, 5.41) is 2.86. The molecule has 3 heterocycles. The molecule has 0 bridgehead atoms. The maximum Gasteiger partial charge on any atom is 0.270 e. The quantitative estimate of drug-likeness (QED) is 0.693. The van der Waals surface area contributed by atoms with Crippen LogP contribution in [0.3, 0.4) is 0 Å². The topological polar surface area (TPSA) is 78.4 Å². The number of carbonyl (C=O) groups excluding carboxylic acids is 2. The molecular weight excluding hydrogens is 390 g/mol. The normalized spacial score (nSPS) is 14.3. The highest BCUT2D eigenvalue weighted by molar-refractivity contribution is 5.95. The minimum atomic E-state index is -0.243. The van der Waals surface area contributed by atoms with Crippen LogP contribution in [0.2, 0.25) is 0 Å². The molecule has 2 amide bonds. The Morgan fingerprint density at radius 3 is 2.45 bits per heavy atom. The lowest BCUT2D eigenvalue weighted by atomic mass is 10.1. The lowest BCUT2D eigenvalue weighted by Gasteiger charge is -2.32. The molecule has 2 aromatic heterocycles. The van der Waals surface area contributed by atoms with Gasteiger partial charge in [0.1, 0.15) is 5.69 Å². The van der Waals surface area contributed by atoms with Gasteiger partial charge in [0.15, 0.2) is 0 Å². The van der Waals surface area contributed by atoms with Crippen LogP contribution in [0.4, 0.5) is 0 Å². The predicted molar refractivity (Wildman–Crippen MR) is 118 cm³/mol. The molecule has 4 rings (SSSR count). The van der Waals surface area contributed by atoms with Gasteiger partial charge in [-0.1, -0.05) is 24.3 Å². The van der Waals surface area contributed by atoms with Crippen LogP contribution in [-0.4, -0.2) is 64.8 Å². The standard InChI is InChI=1S/C24H25N5O2/c1-28-12-14-29(15-13-28)24(31)20-9-7-19(8-10-20)21-5-2-6-22(27-21)23(30)26-17-18-4-3-11-25-16-18/h2-11,16H,12-15,17H2,1H3,(H,26,30). The first-order valence-electron chi connectivity index (χ1n) is 10.3. The number of hydrogen-bond acceptors (Lipinski definition) is 5. The molecule has 31 heavy (non-hydrogen) atoms. The Morgan fingerprint density at radius 1 is 0.968 bits per heavy atom. The summed E-state index contributed by atoms with van der Waals surface area (Å²) in [5.74, 6) is -0.191. The number of amides is 2. The SMILES string of the molecule is CN1CCN(C(=O)c2ccc(-c3cccc(C(=O)NCc4cccnc4)n3)cc2)CC1. The van der Waals surface area contributed by atoms with E-state index in [9.17, 15) is 9.59 Å². The van der Waals surface area contributed by atoms with E-state index in [0.29, 0.717) is 23.5 Å². The Morgan fingerprint density at radius 2 is 1.74 bits per heavy atom. The summed E-state index contributed by atoms with van der Waals surface area (Å²) in [6.07, 6.45) is 3.41. The zero-order chi connectivity index (χ0) is 21.6. The number of nitrogens with zero attached hydrogens (tertiary/aromatic N) is 4. The number of hydrogen-bond donors (Lipinski definition) is 1. The molecule has 1 saturated heterocycles. The largest absolute Gasteiger partial charge is 0.347 e. The van der Waals surface area contributed by atoms with Gasteiger partial charge in [-0.05, 0) is 42.9 Å². The predicted octanol–water partition coefficient (Wildman–Crippen LogP) is 2.46. The van der Waals surface area contributed by atoms with E-state index in [2.05, 4.69) is 27.2 Å². The fourth-order valence-electron chi connectivity index (χ4n) is 3.47. The van der Waals surface area contributed by atoms with Crippen molar-refractivity contribution in [3.05, 3.63) is 83.8 Å². The van der Waals surface area contributed by atoms with Crippen molar-refractivity contribution in [2.75, 3.05) is 33.2 Å². The van der Waals surface area contributed by atoms with E-state index in [0.717, 1.165) is 37.3 Å². The van der Waals surface area contributed by atoms with Crippen molar-refractivity contribution in [3.63, 3.8) is 0 Å². The summed E-state index contributed by atoms with van der Waals surface area (Å²) < 4.78 is 0. The second-order valence-corrected chi connectivity index (χ2v) is 7.62. The van der Waals surface area contributed by atoms with E-state index in [-0.39, 0.29) is 11.8 Å². The molecule has 1 aliphatic rings. The average Bonchev–Trinajstić information content (AvgIpc) is 2.83. The molecule has 1 fully saturated rings. The Hall–Kier alpha value is -3.58. The fraction of sp³-hybridized carbons (Fsp3) is 0.250. The van der Waals surface area contributed by atoms with Crippen molar-refractivity contribution in [3.8, 4) is 11.3 Å². The van der Waals surface area contributed by atoms with Crippen LogP contribution in [0.1, 0.15) is 26.4 Å². The van der Waals surface area contributed by atoms with Crippen molar-refractivity contribution in [2.45, 2.75) is 6.54 Å². The molecule has 0 radical (unpaired) electrons.